The van der Waals surface area contributed by atoms with Gasteiger partial charge in [-0.25, -0.2) is 0 Å². The summed E-state index contributed by atoms with van der Waals surface area (Å²) >= 11 is 0. The van der Waals surface area contributed by atoms with Crippen LogP contribution in [0.15, 0.2) is 84.0 Å². The molecule has 0 aliphatic heterocycles. The Morgan fingerprint density at radius 1 is 0.931 bits per heavy atom. The number of para-hydroxylation sites is 2. The normalized spacial score (nSPS) is 10.9. The summed E-state index contributed by atoms with van der Waals surface area (Å²) in [4.78, 5) is 17.0. The van der Waals surface area contributed by atoms with Crippen molar-refractivity contribution in [2.75, 3.05) is 14.2 Å². The molecule has 0 bridgehead atoms. The molecular weight excluding hydrogens is 368 g/mol. The molecule has 0 saturated carbocycles. The minimum atomic E-state index is -0.368. The highest BCUT2D eigenvalue weighted by Gasteiger charge is 2.18. The molecule has 3 rings (SSSR count). The molecule has 3 aromatic carbocycles. The summed E-state index contributed by atoms with van der Waals surface area (Å²) in [6, 6.07) is 24.4. The van der Waals surface area contributed by atoms with Crippen LogP contribution in [0.2, 0.25) is 0 Å². The molecule has 6 nitrogen and oxygen atoms in total. The maximum Gasteiger partial charge on any atom is 0.273 e. The lowest BCUT2D eigenvalue weighted by Crippen LogP contribution is -2.28. The van der Waals surface area contributed by atoms with Gasteiger partial charge in [0.1, 0.15) is 31.0 Å². The number of carbonyl (C=O) groups is 1. The highest BCUT2D eigenvalue weighted by Crippen LogP contribution is 2.27. The first-order valence-electron chi connectivity index (χ1n) is 9.08. The fourth-order valence-electron chi connectivity index (χ4n) is 2.68. The van der Waals surface area contributed by atoms with Gasteiger partial charge >= 0.3 is 0 Å². The van der Waals surface area contributed by atoms with Gasteiger partial charge in [0.15, 0.2) is 5.71 Å². The Labute approximate surface area is 169 Å². The summed E-state index contributed by atoms with van der Waals surface area (Å²) in [5, 5.41) is 6.41. The Morgan fingerprint density at radius 3 is 2.41 bits per heavy atom. The second kappa shape index (κ2) is 9.94. The second-order valence-corrected chi connectivity index (χ2v) is 6.05. The van der Waals surface area contributed by atoms with E-state index in [0.29, 0.717) is 23.7 Å². The number of likely N-dealkylation sites (N-methyl/N-ethyl adjacent to an activating group) is 1. The van der Waals surface area contributed by atoms with Crippen molar-refractivity contribution in [3.63, 3.8) is 0 Å². The first-order valence-corrected chi connectivity index (χ1v) is 9.08. The fraction of sp³-hybridized carbons (Fsp3) is 0.130. The van der Waals surface area contributed by atoms with E-state index in [0.717, 1.165) is 11.3 Å². The number of nitrogens with zero attached hydrogens (tertiary/aromatic N) is 1. The van der Waals surface area contributed by atoms with Gasteiger partial charge in [0.2, 0.25) is 0 Å². The summed E-state index contributed by atoms with van der Waals surface area (Å²) in [7, 11) is 2.93. The molecule has 0 spiro atoms. The average Bonchev–Trinajstić information content (AvgIpc) is 2.77. The molecule has 1 amide bonds. The maximum atomic E-state index is 12.2. The van der Waals surface area contributed by atoms with Crippen molar-refractivity contribution in [1.29, 1.82) is 0 Å². The monoisotopic (exact) mass is 390 g/mol. The molecule has 1 N–H and O–H groups in total. The third-order valence-corrected chi connectivity index (χ3v) is 4.04. The molecule has 0 unspecified atom stereocenters. The van der Waals surface area contributed by atoms with E-state index in [4.69, 9.17) is 14.3 Å². The van der Waals surface area contributed by atoms with Crippen LogP contribution < -0.4 is 14.8 Å². The highest BCUT2D eigenvalue weighted by atomic mass is 16.6. The predicted octanol–water partition coefficient (Wildman–Crippen LogP) is 4.15. The van der Waals surface area contributed by atoms with E-state index in [9.17, 15) is 4.79 Å². The highest BCUT2D eigenvalue weighted by molar-refractivity contribution is 6.45. The number of amides is 1. The Hall–Kier alpha value is -3.80. The minimum absolute atomic E-state index is 0.133. The predicted molar refractivity (Wildman–Crippen MR) is 111 cm³/mol. The lowest BCUT2D eigenvalue weighted by molar-refractivity contribution is -0.114. The molecular formula is C23H22N2O4. The summed E-state index contributed by atoms with van der Waals surface area (Å²) in [6.07, 6.45) is 0. The van der Waals surface area contributed by atoms with Crippen molar-refractivity contribution in [1.82, 2.24) is 5.32 Å². The molecule has 0 radical (unpaired) electrons. The number of nitrogens with one attached hydrogen (secondary N) is 1. The van der Waals surface area contributed by atoms with Crippen LogP contribution in [0.1, 0.15) is 11.1 Å². The largest absolute Gasteiger partial charge is 0.489 e. The van der Waals surface area contributed by atoms with Crippen molar-refractivity contribution in [3.8, 4) is 17.2 Å². The molecule has 0 heterocycles. The van der Waals surface area contributed by atoms with Gasteiger partial charge in [-0.3, -0.25) is 4.79 Å². The third kappa shape index (κ3) is 5.35. The van der Waals surface area contributed by atoms with Crippen LogP contribution in [0.4, 0.5) is 0 Å². The Balaban J connectivity index is 1.80. The van der Waals surface area contributed by atoms with Crippen molar-refractivity contribution >= 4 is 11.6 Å². The molecule has 3 aromatic rings. The smallest absolute Gasteiger partial charge is 0.273 e. The van der Waals surface area contributed by atoms with Gasteiger partial charge < -0.3 is 19.6 Å². The van der Waals surface area contributed by atoms with Gasteiger partial charge in [0.25, 0.3) is 5.91 Å². The van der Waals surface area contributed by atoms with Crippen LogP contribution in [0, 0.1) is 0 Å². The number of hydrogen-bond acceptors (Lipinski definition) is 5. The number of benzene rings is 3. The number of carbonyl (C=O) groups excluding carboxylic acids is 1. The summed E-state index contributed by atoms with van der Waals surface area (Å²) in [6.45, 7) is 0.414. The molecule has 0 aliphatic carbocycles. The molecule has 0 aliphatic rings. The van der Waals surface area contributed by atoms with E-state index in [1.807, 2.05) is 60.7 Å². The van der Waals surface area contributed by atoms with E-state index < -0.39 is 0 Å². The van der Waals surface area contributed by atoms with Crippen molar-refractivity contribution in [3.05, 3.63) is 90.0 Å². The van der Waals surface area contributed by atoms with Gasteiger partial charge in [-0.2, -0.15) is 0 Å². The second-order valence-electron chi connectivity index (χ2n) is 6.05. The van der Waals surface area contributed by atoms with Gasteiger partial charge in [-0.15, -0.1) is 0 Å². The van der Waals surface area contributed by atoms with Crippen LogP contribution in [-0.4, -0.2) is 25.8 Å². The lowest BCUT2D eigenvalue weighted by Gasteiger charge is -2.13. The topological polar surface area (TPSA) is 69.2 Å². The zero-order valence-corrected chi connectivity index (χ0v) is 16.3. The summed E-state index contributed by atoms with van der Waals surface area (Å²) < 4.78 is 11.8. The molecule has 29 heavy (non-hydrogen) atoms. The number of ether oxygens (including phenoxy) is 2. The van der Waals surface area contributed by atoms with Crippen molar-refractivity contribution in [2.45, 2.75) is 6.61 Å². The molecule has 6 heteroatoms. The molecule has 0 aromatic heterocycles. The Kier molecular flexibility index (Phi) is 6.84. The number of rotatable bonds is 8. The van der Waals surface area contributed by atoms with E-state index in [2.05, 4.69) is 10.5 Å². The molecule has 0 atom stereocenters. The Bertz CT molecular complexity index is 987. The fourth-order valence-corrected chi connectivity index (χ4v) is 2.68. The first kappa shape index (κ1) is 19.9. The standard InChI is InChI=1S/C23H22N2O4/c1-24-23(26)22(25-27-2)20-13-6-7-14-21(20)29-19-12-8-9-17(15-19)16-28-18-10-4-3-5-11-18/h3-15H,16H2,1-2H3,(H,24,26)/b25-22+. The van der Waals surface area contributed by atoms with Crippen LogP contribution in [0.5, 0.6) is 17.2 Å². The van der Waals surface area contributed by atoms with Crippen molar-refractivity contribution < 1.29 is 19.1 Å². The summed E-state index contributed by atoms with van der Waals surface area (Å²) in [5.74, 6) is 1.55. The van der Waals surface area contributed by atoms with Crippen molar-refractivity contribution in [2.24, 2.45) is 5.16 Å². The zero-order chi connectivity index (χ0) is 20.5. The van der Waals surface area contributed by atoms with Crippen LogP contribution in [0.3, 0.4) is 0 Å². The SMILES string of the molecule is CNC(=O)/C(=N/OC)c1ccccc1Oc1cccc(COc2ccccc2)c1. The van der Waals surface area contributed by atoms with Gasteiger partial charge in [-0.1, -0.05) is 47.6 Å². The van der Waals surface area contributed by atoms with E-state index in [-0.39, 0.29) is 11.6 Å². The van der Waals surface area contributed by atoms with Crippen LogP contribution in [0.25, 0.3) is 0 Å². The average molecular weight is 390 g/mol. The van der Waals surface area contributed by atoms with Gasteiger partial charge in [0, 0.05) is 7.05 Å². The Morgan fingerprint density at radius 2 is 1.66 bits per heavy atom. The number of hydrogen-bond donors (Lipinski definition) is 1. The van der Waals surface area contributed by atoms with E-state index in [1.165, 1.54) is 14.2 Å². The van der Waals surface area contributed by atoms with E-state index >= 15 is 0 Å². The molecule has 0 saturated heterocycles. The lowest BCUT2D eigenvalue weighted by atomic mass is 10.1. The van der Waals surface area contributed by atoms with E-state index in [1.54, 1.807) is 18.2 Å². The first-order chi connectivity index (χ1) is 14.2. The maximum absolute atomic E-state index is 12.2. The van der Waals surface area contributed by atoms with Crippen LogP contribution in [-0.2, 0) is 16.2 Å². The van der Waals surface area contributed by atoms with Crippen LogP contribution >= 0.6 is 0 Å². The third-order valence-electron chi connectivity index (χ3n) is 4.04. The number of oxime groups is 1. The molecule has 0 fully saturated rings. The summed E-state index contributed by atoms with van der Waals surface area (Å²) in [5.41, 5.74) is 1.62. The molecule has 148 valence electrons. The van der Waals surface area contributed by atoms with Gasteiger partial charge in [0.05, 0.1) is 5.56 Å². The minimum Gasteiger partial charge on any atom is -0.489 e. The quantitative estimate of drug-likeness (QED) is 0.463. The van der Waals surface area contributed by atoms with Gasteiger partial charge in [-0.05, 0) is 42.0 Å². The zero-order valence-electron chi connectivity index (χ0n) is 16.3.